The topological polar surface area (TPSA) is 84.9 Å². The van der Waals surface area contributed by atoms with Crippen molar-refractivity contribution in [2.24, 2.45) is 0 Å². The average Bonchev–Trinajstić information content (AvgIpc) is 2.91. The first-order chi connectivity index (χ1) is 10.9. The molecule has 1 aromatic carbocycles. The summed E-state index contributed by atoms with van der Waals surface area (Å²) in [7, 11) is -1.39. The summed E-state index contributed by atoms with van der Waals surface area (Å²) in [6.45, 7) is 0.662. The van der Waals surface area contributed by atoms with Crippen molar-refractivity contribution < 1.29 is 22.7 Å². The molecule has 0 aromatic heterocycles. The van der Waals surface area contributed by atoms with Crippen LogP contribution in [0.25, 0.3) is 0 Å². The quantitative estimate of drug-likeness (QED) is 0.873. The van der Waals surface area contributed by atoms with E-state index in [0.717, 1.165) is 0 Å². The Morgan fingerprint density at radius 1 is 1.35 bits per heavy atom. The third kappa shape index (κ3) is 3.69. The largest absolute Gasteiger partial charge is 0.486 e. The van der Waals surface area contributed by atoms with Gasteiger partial charge in [-0.1, -0.05) is 12.1 Å². The van der Waals surface area contributed by atoms with E-state index in [2.05, 4.69) is 5.32 Å². The lowest BCUT2D eigenvalue weighted by atomic mass is 10.2. The molecule has 8 heteroatoms. The smallest absolute Gasteiger partial charge is 0.317 e. The number of amides is 2. The Morgan fingerprint density at radius 3 is 2.78 bits per heavy atom. The number of hydrogen-bond acceptors (Lipinski definition) is 5. The van der Waals surface area contributed by atoms with Gasteiger partial charge in [0.1, 0.15) is 6.61 Å². The summed E-state index contributed by atoms with van der Waals surface area (Å²) >= 11 is 0. The molecule has 1 aromatic rings. The summed E-state index contributed by atoms with van der Waals surface area (Å²) < 4.78 is 34.3. The number of fused-ring (bicyclic) bond motifs is 1. The Balaban J connectivity index is 1.50. The molecule has 1 saturated heterocycles. The standard InChI is InChI=1S/C15H20N2O5S/c1-17(11-6-7-23(19,20)10-11)15(18)16-8-12-9-21-13-4-2-3-5-14(13)22-12/h2-5,11-12H,6-10H2,1H3,(H,16,18)/t11-,12+/m0/s1. The number of sulfone groups is 1. The van der Waals surface area contributed by atoms with Crippen LogP contribution >= 0.6 is 0 Å². The van der Waals surface area contributed by atoms with Crippen LogP contribution in [0.4, 0.5) is 4.79 Å². The Morgan fingerprint density at radius 2 is 2.09 bits per heavy atom. The van der Waals surface area contributed by atoms with Gasteiger partial charge in [-0.3, -0.25) is 0 Å². The summed E-state index contributed by atoms with van der Waals surface area (Å²) in [4.78, 5) is 13.6. The number of ether oxygens (including phenoxy) is 2. The van der Waals surface area contributed by atoms with Crippen molar-refractivity contribution in [1.29, 1.82) is 0 Å². The van der Waals surface area contributed by atoms with Gasteiger partial charge in [-0.15, -0.1) is 0 Å². The SMILES string of the molecule is CN(C(=O)NC[C@@H]1COc2ccccc2O1)[C@H]1CCS(=O)(=O)C1. The lowest BCUT2D eigenvalue weighted by molar-refractivity contribution is 0.0900. The summed E-state index contributed by atoms with van der Waals surface area (Å²) in [5.74, 6) is 1.54. The monoisotopic (exact) mass is 340 g/mol. The Kier molecular flexibility index (Phi) is 4.34. The van der Waals surface area contributed by atoms with Gasteiger partial charge in [-0.25, -0.2) is 13.2 Å². The number of carbonyl (C=O) groups is 1. The fraction of sp³-hybridized carbons (Fsp3) is 0.533. The van der Waals surface area contributed by atoms with E-state index in [1.54, 1.807) is 7.05 Å². The number of rotatable bonds is 3. The molecule has 7 nitrogen and oxygen atoms in total. The van der Waals surface area contributed by atoms with Crippen LogP contribution in [-0.2, 0) is 9.84 Å². The average molecular weight is 340 g/mol. The molecular formula is C15H20N2O5S. The first kappa shape index (κ1) is 15.9. The van der Waals surface area contributed by atoms with Crippen molar-refractivity contribution in [3.63, 3.8) is 0 Å². The van der Waals surface area contributed by atoms with Crippen LogP contribution in [0, 0.1) is 0 Å². The summed E-state index contributed by atoms with van der Waals surface area (Å²) in [5.41, 5.74) is 0. The van der Waals surface area contributed by atoms with E-state index < -0.39 is 9.84 Å². The third-order valence-corrected chi connectivity index (χ3v) is 5.88. The summed E-state index contributed by atoms with van der Waals surface area (Å²) in [6.07, 6.45) is 0.220. The molecule has 126 valence electrons. The molecule has 23 heavy (non-hydrogen) atoms. The van der Waals surface area contributed by atoms with Crippen molar-refractivity contribution in [3.05, 3.63) is 24.3 Å². The van der Waals surface area contributed by atoms with Crippen LogP contribution < -0.4 is 14.8 Å². The van der Waals surface area contributed by atoms with E-state index in [4.69, 9.17) is 9.47 Å². The minimum Gasteiger partial charge on any atom is -0.486 e. The van der Waals surface area contributed by atoms with Gasteiger partial charge >= 0.3 is 6.03 Å². The first-order valence-electron chi connectivity index (χ1n) is 7.54. The Hall–Kier alpha value is -1.96. The molecule has 0 spiro atoms. The fourth-order valence-corrected chi connectivity index (χ4v) is 4.51. The molecule has 0 radical (unpaired) electrons. The van der Waals surface area contributed by atoms with Gasteiger partial charge in [0, 0.05) is 13.1 Å². The van der Waals surface area contributed by atoms with Gasteiger partial charge < -0.3 is 19.7 Å². The molecule has 1 N–H and O–H groups in total. The first-order valence-corrected chi connectivity index (χ1v) is 9.36. The Bertz CT molecular complexity index is 691. The van der Waals surface area contributed by atoms with E-state index in [1.807, 2.05) is 24.3 Å². The predicted octanol–water partition coefficient (Wildman–Crippen LogP) is 0.655. The molecule has 2 aliphatic rings. The summed E-state index contributed by atoms with van der Waals surface area (Å²) in [6, 6.07) is 6.82. The number of benzene rings is 1. The van der Waals surface area contributed by atoms with E-state index in [1.165, 1.54) is 4.90 Å². The number of para-hydroxylation sites is 2. The maximum absolute atomic E-state index is 12.2. The maximum Gasteiger partial charge on any atom is 0.317 e. The van der Waals surface area contributed by atoms with Crippen molar-refractivity contribution in [3.8, 4) is 11.5 Å². The number of hydrogen-bond donors (Lipinski definition) is 1. The molecule has 2 heterocycles. The fourth-order valence-electron chi connectivity index (χ4n) is 2.74. The minimum absolute atomic E-state index is 0.0351. The molecule has 2 atom stereocenters. The molecule has 2 amide bonds. The van der Waals surface area contributed by atoms with Crippen molar-refractivity contribution in [2.45, 2.75) is 18.6 Å². The second-order valence-electron chi connectivity index (χ2n) is 5.85. The number of urea groups is 1. The zero-order chi connectivity index (χ0) is 16.4. The van der Waals surface area contributed by atoms with Crippen molar-refractivity contribution in [2.75, 3.05) is 31.7 Å². The van der Waals surface area contributed by atoms with Crippen LogP contribution in [0.5, 0.6) is 11.5 Å². The van der Waals surface area contributed by atoms with Gasteiger partial charge in [0.2, 0.25) is 0 Å². The van der Waals surface area contributed by atoms with Crippen LogP contribution in [0.3, 0.4) is 0 Å². The molecular weight excluding hydrogens is 320 g/mol. The van der Waals surface area contributed by atoms with E-state index in [9.17, 15) is 13.2 Å². The van der Waals surface area contributed by atoms with Crippen LogP contribution in [-0.4, -0.2) is 63.2 Å². The maximum atomic E-state index is 12.2. The van der Waals surface area contributed by atoms with Crippen molar-refractivity contribution >= 4 is 15.9 Å². The van der Waals surface area contributed by atoms with Gasteiger partial charge in [0.05, 0.1) is 18.1 Å². The molecule has 1 fully saturated rings. The third-order valence-electron chi connectivity index (χ3n) is 4.12. The molecule has 0 bridgehead atoms. The molecule has 0 unspecified atom stereocenters. The highest BCUT2D eigenvalue weighted by molar-refractivity contribution is 7.91. The van der Waals surface area contributed by atoms with E-state index in [0.29, 0.717) is 31.1 Å². The van der Waals surface area contributed by atoms with Crippen LogP contribution in [0.2, 0.25) is 0 Å². The predicted molar refractivity (Wildman–Crippen MR) is 84.6 cm³/mol. The number of carbonyl (C=O) groups excluding carboxylic acids is 1. The molecule has 0 saturated carbocycles. The molecule has 3 rings (SSSR count). The second kappa shape index (κ2) is 6.27. The number of nitrogens with zero attached hydrogens (tertiary/aromatic N) is 1. The summed E-state index contributed by atoms with van der Waals surface area (Å²) in [5, 5.41) is 2.77. The normalized spacial score (nSPS) is 24.9. The highest BCUT2D eigenvalue weighted by Crippen LogP contribution is 2.30. The lowest BCUT2D eigenvalue weighted by Gasteiger charge is -2.28. The minimum atomic E-state index is -3.01. The molecule has 2 aliphatic heterocycles. The van der Waals surface area contributed by atoms with Gasteiger partial charge in [0.25, 0.3) is 0 Å². The lowest BCUT2D eigenvalue weighted by Crippen LogP contribution is -2.48. The van der Waals surface area contributed by atoms with Crippen molar-refractivity contribution in [1.82, 2.24) is 10.2 Å². The zero-order valence-electron chi connectivity index (χ0n) is 12.9. The van der Waals surface area contributed by atoms with Gasteiger partial charge in [0.15, 0.2) is 27.4 Å². The highest BCUT2D eigenvalue weighted by atomic mass is 32.2. The van der Waals surface area contributed by atoms with Gasteiger partial charge in [-0.2, -0.15) is 0 Å². The highest BCUT2D eigenvalue weighted by Gasteiger charge is 2.33. The van der Waals surface area contributed by atoms with E-state index >= 15 is 0 Å². The van der Waals surface area contributed by atoms with Crippen LogP contribution in [0.1, 0.15) is 6.42 Å². The van der Waals surface area contributed by atoms with E-state index in [-0.39, 0.29) is 29.7 Å². The van der Waals surface area contributed by atoms with Crippen LogP contribution in [0.15, 0.2) is 24.3 Å². The number of nitrogens with one attached hydrogen (secondary N) is 1. The van der Waals surface area contributed by atoms with Gasteiger partial charge in [-0.05, 0) is 18.6 Å². The Labute approximate surface area is 135 Å². The zero-order valence-corrected chi connectivity index (χ0v) is 13.7. The second-order valence-corrected chi connectivity index (χ2v) is 8.08. The molecule has 0 aliphatic carbocycles.